The quantitative estimate of drug-likeness (QED) is 0.392. The summed E-state index contributed by atoms with van der Waals surface area (Å²) in [5.74, 6) is 0. The average Bonchev–Trinajstić information content (AvgIpc) is 2.29. The highest BCUT2D eigenvalue weighted by Crippen LogP contribution is 2.09. The van der Waals surface area contributed by atoms with E-state index in [1.165, 1.54) is 0 Å². The first-order valence-corrected chi connectivity index (χ1v) is 6.69. The van der Waals surface area contributed by atoms with Gasteiger partial charge in [0.15, 0.2) is 12.6 Å². The largest absolute Gasteiger partial charge is 0.368 e. The van der Waals surface area contributed by atoms with Crippen LogP contribution in [0, 0.1) is 0 Å². The highest BCUT2D eigenvalue weighted by molar-refractivity contribution is 4.58. The van der Waals surface area contributed by atoms with E-state index < -0.39 is 12.6 Å². The van der Waals surface area contributed by atoms with E-state index in [9.17, 15) is 0 Å². The Balaban J connectivity index is 2.36. The van der Waals surface area contributed by atoms with Crippen LogP contribution in [0.15, 0.2) is 0 Å². The van der Waals surface area contributed by atoms with Crippen molar-refractivity contribution in [3.63, 3.8) is 0 Å². The molecule has 6 heteroatoms. The first-order valence-electron chi connectivity index (χ1n) is 6.69. The molecular formula is C12H27N2O4+. The molecule has 1 fully saturated rings. The van der Waals surface area contributed by atoms with Gasteiger partial charge in [-0.3, -0.25) is 0 Å². The summed E-state index contributed by atoms with van der Waals surface area (Å²) in [6.07, 6.45) is -1.41. The molecule has 1 aliphatic rings. The Morgan fingerprint density at radius 2 is 1.44 bits per heavy atom. The van der Waals surface area contributed by atoms with E-state index in [1.54, 1.807) is 13.8 Å². The van der Waals surface area contributed by atoms with Gasteiger partial charge in [-0.25, -0.2) is 0 Å². The molecule has 1 aliphatic heterocycles. The van der Waals surface area contributed by atoms with Crippen molar-refractivity contribution in [2.24, 2.45) is 0 Å². The Kier molecular flexibility index (Phi) is 7.06. The van der Waals surface area contributed by atoms with Crippen molar-refractivity contribution in [2.75, 3.05) is 52.5 Å². The molecule has 0 aliphatic carbocycles. The van der Waals surface area contributed by atoms with Crippen LogP contribution in [-0.2, 0) is 9.47 Å². The van der Waals surface area contributed by atoms with E-state index in [0.717, 1.165) is 43.8 Å². The van der Waals surface area contributed by atoms with E-state index in [1.807, 2.05) is 0 Å². The zero-order valence-corrected chi connectivity index (χ0v) is 11.5. The Hall–Kier alpha value is -0.240. The van der Waals surface area contributed by atoms with Crippen molar-refractivity contribution < 1.29 is 24.2 Å². The highest BCUT2D eigenvalue weighted by atomic mass is 16.6. The number of nitrogens with zero attached hydrogens (tertiary/aromatic N) is 1. The molecule has 3 N–H and O–H groups in total. The summed E-state index contributed by atoms with van der Waals surface area (Å²) in [7, 11) is 0. The van der Waals surface area contributed by atoms with Gasteiger partial charge in [-0.05, 0) is 13.8 Å². The SMILES string of the molecule is CC(O)OCC[N+]1(CCOC(C)O)CCNCC1. The number of nitrogens with one attached hydrogen (secondary N) is 1. The molecule has 0 spiro atoms. The summed E-state index contributed by atoms with van der Waals surface area (Å²) in [6.45, 7) is 10.1. The lowest BCUT2D eigenvalue weighted by Crippen LogP contribution is -2.61. The molecule has 1 saturated heterocycles. The monoisotopic (exact) mass is 263 g/mol. The van der Waals surface area contributed by atoms with Crippen molar-refractivity contribution >= 4 is 0 Å². The molecule has 108 valence electrons. The van der Waals surface area contributed by atoms with E-state index in [0.29, 0.717) is 13.2 Å². The van der Waals surface area contributed by atoms with Crippen LogP contribution in [0.1, 0.15) is 13.8 Å². The molecule has 2 unspecified atom stereocenters. The molecule has 1 heterocycles. The van der Waals surface area contributed by atoms with E-state index >= 15 is 0 Å². The third kappa shape index (κ3) is 6.08. The molecule has 0 aromatic heterocycles. The number of quaternary nitrogens is 1. The maximum absolute atomic E-state index is 9.12. The second-order valence-electron chi connectivity index (χ2n) is 4.93. The average molecular weight is 263 g/mol. The predicted octanol–water partition coefficient (Wildman–Crippen LogP) is -0.884. The standard InChI is InChI=1S/C12H27N2O4/c1-11(15)17-9-7-14(5-3-13-4-6-14)8-10-18-12(2)16/h11-13,15-16H,3-10H2,1-2H3/q+1. The lowest BCUT2D eigenvalue weighted by molar-refractivity contribution is -0.930. The van der Waals surface area contributed by atoms with Crippen LogP contribution in [0.4, 0.5) is 0 Å². The van der Waals surface area contributed by atoms with Gasteiger partial charge in [-0.1, -0.05) is 0 Å². The molecule has 18 heavy (non-hydrogen) atoms. The first kappa shape index (κ1) is 15.8. The van der Waals surface area contributed by atoms with Gasteiger partial charge in [-0.2, -0.15) is 0 Å². The third-order valence-electron chi connectivity index (χ3n) is 3.38. The number of hydrogen-bond acceptors (Lipinski definition) is 5. The summed E-state index contributed by atoms with van der Waals surface area (Å²) in [5, 5.41) is 21.6. The Morgan fingerprint density at radius 1 is 1.00 bits per heavy atom. The van der Waals surface area contributed by atoms with Crippen LogP contribution in [-0.4, -0.2) is 79.8 Å². The fourth-order valence-corrected chi connectivity index (χ4v) is 2.26. The highest BCUT2D eigenvalue weighted by Gasteiger charge is 2.29. The van der Waals surface area contributed by atoms with Crippen LogP contribution in [0.2, 0.25) is 0 Å². The topological polar surface area (TPSA) is 71.0 Å². The summed E-state index contributed by atoms with van der Waals surface area (Å²) in [4.78, 5) is 0. The Bertz CT molecular complexity index is 202. The second-order valence-corrected chi connectivity index (χ2v) is 4.93. The van der Waals surface area contributed by atoms with Crippen molar-refractivity contribution in [1.29, 1.82) is 0 Å². The molecule has 0 amide bonds. The normalized spacial score (nSPS) is 22.7. The number of hydrogen-bond donors (Lipinski definition) is 3. The minimum Gasteiger partial charge on any atom is -0.368 e. The second kappa shape index (κ2) is 8.04. The summed E-state index contributed by atoms with van der Waals surface area (Å²) >= 11 is 0. The molecule has 0 bridgehead atoms. The van der Waals surface area contributed by atoms with Crippen molar-refractivity contribution in [3.8, 4) is 0 Å². The molecule has 0 aromatic rings. The number of piperazine rings is 1. The maximum Gasteiger partial charge on any atom is 0.152 e. The van der Waals surface area contributed by atoms with Crippen LogP contribution in [0.3, 0.4) is 0 Å². The molecular weight excluding hydrogens is 236 g/mol. The van der Waals surface area contributed by atoms with Crippen LogP contribution >= 0.6 is 0 Å². The van der Waals surface area contributed by atoms with Crippen molar-refractivity contribution in [1.82, 2.24) is 5.32 Å². The fourth-order valence-electron chi connectivity index (χ4n) is 2.26. The van der Waals surface area contributed by atoms with Gasteiger partial charge in [0.05, 0.1) is 26.3 Å². The van der Waals surface area contributed by atoms with Crippen molar-refractivity contribution in [2.45, 2.75) is 26.4 Å². The van der Waals surface area contributed by atoms with Gasteiger partial charge in [0.2, 0.25) is 0 Å². The number of rotatable bonds is 8. The van der Waals surface area contributed by atoms with Gasteiger partial charge in [0.25, 0.3) is 0 Å². The predicted molar refractivity (Wildman–Crippen MR) is 67.9 cm³/mol. The molecule has 0 radical (unpaired) electrons. The molecule has 1 rings (SSSR count). The number of aliphatic hydroxyl groups excluding tert-OH is 2. The molecule has 2 atom stereocenters. The zero-order chi connectivity index (χ0) is 13.4. The minimum atomic E-state index is -0.707. The van der Waals surface area contributed by atoms with E-state index in [4.69, 9.17) is 19.7 Å². The number of aliphatic hydroxyl groups is 2. The van der Waals surface area contributed by atoms with Crippen LogP contribution in [0.25, 0.3) is 0 Å². The van der Waals surface area contributed by atoms with Gasteiger partial charge < -0.3 is 29.5 Å². The maximum atomic E-state index is 9.12. The van der Waals surface area contributed by atoms with Gasteiger partial charge in [-0.15, -0.1) is 0 Å². The molecule has 0 saturated carbocycles. The number of ether oxygens (including phenoxy) is 2. The van der Waals surface area contributed by atoms with Gasteiger partial charge in [0.1, 0.15) is 13.1 Å². The molecule has 0 aromatic carbocycles. The molecule has 6 nitrogen and oxygen atoms in total. The van der Waals surface area contributed by atoms with Gasteiger partial charge in [0, 0.05) is 13.1 Å². The zero-order valence-electron chi connectivity index (χ0n) is 11.5. The fraction of sp³-hybridized carbons (Fsp3) is 1.00. The van der Waals surface area contributed by atoms with E-state index in [-0.39, 0.29) is 0 Å². The minimum absolute atomic E-state index is 0.548. The van der Waals surface area contributed by atoms with Crippen LogP contribution < -0.4 is 5.32 Å². The smallest absolute Gasteiger partial charge is 0.152 e. The summed E-state index contributed by atoms with van der Waals surface area (Å²) < 4.78 is 11.4. The lowest BCUT2D eigenvalue weighted by Gasteiger charge is -2.41. The van der Waals surface area contributed by atoms with Crippen molar-refractivity contribution in [3.05, 3.63) is 0 Å². The third-order valence-corrected chi connectivity index (χ3v) is 3.38. The Labute approximate surface area is 109 Å². The summed E-state index contributed by atoms with van der Waals surface area (Å²) in [5.41, 5.74) is 0. The first-order chi connectivity index (χ1) is 8.54. The Morgan fingerprint density at radius 3 is 1.83 bits per heavy atom. The lowest BCUT2D eigenvalue weighted by atomic mass is 10.2. The van der Waals surface area contributed by atoms with E-state index in [2.05, 4.69) is 5.32 Å². The summed E-state index contributed by atoms with van der Waals surface area (Å²) in [6, 6.07) is 0. The van der Waals surface area contributed by atoms with Crippen LogP contribution in [0.5, 0.6) is 0 Å². The van der Waals surface area contributed by atoms with Gasteiger partial charge >= 0.3 is 0 Å².